The molecule has 1 atom stereocenters. The second-order valence-electron chi connectivity index (χ2n) is 5.11. The van der Waals surface area contributed by atoms with Crippen LogP contribution < -0.4 is 0 Å². The predicted molar refractivity (Wildman–Crippen MR) is 73.1 cm³/mol. The molecule has 2 aromatic rings. The van der Waals surface area contributed by atoms with Gasteiger partial charge in [-0.2, -0.15) is 0 Å². The number of carboxylic acids is 1. The van der Waals surface area contributed by atoms with Gasteiger partial charge in [-0.05, 0) is 44.9 Å². The highest BCUT2D eigenvalue weighted by atomic mass is 16.4. The van der Waals surface area contributed by atoms with E-state index in [2.05, 4.69) is 30.7 Å². The minimum atomic E-state index is -0.779. The van der Waals surface area contributed by atoms with E-state index in [1.54, 1.807) is 6.92 Å². The van der Waals surface area contributed by atoms with Gasteiger partial charge in [0.1, 0.15) is 0 Å². The van der Waals surface area contributed by atoms with E-state index < -0.39 is 11.9 Å². The highest BCUT2D eigenvalue weighted by Crippen LogP contribution is 2.31. The zero-order chi connectivity index (χ0) is 13.4. The third-order valence-corrected chi connectivity index (χ3v) is 3.47. The van der Waals surface area contributed by atoms with Crippen LogP contribution in [0.2, 0.25) is 0 Å². The SMILES string of the molecule is Cc1cn(C(C)C)c2cccc(C(C)C(=O)O)c12. The molecule has 1 N–H and O–H groups in total. The Kier molecular flexibility index (Phi) is 3.16. The number of benzene rings is 1. The van der Waals surface area contributed by atoms with Crippen molar-refractivity contribution in [3.63, 3.8) is 0 Å². The van der Waals surface area contributed by atoms with Crippen LogP contribution in [0.15, 0.2) is 24.4 Å². The number of hydrogen-bond donors (Lipinski definition) is 1. The molecular weight excluding hydrogens is 226 g/mol. The molecule has 1 aromatic carbocycles. The van der Waals surface area contributed by atoms with Crippen LogP contribution in [0.3, 0.4) is 0 Å². The molecule has 2 rings (SSSR count). The minimum absolute atomic E-state index is 0.372. The summed E-state index contributed by atoms with van der Waals surface area (Å²) in [7, 11) is 0. The third kappa shape index (κ3) is 1.90. The molecule has 1 aromatic heterocycles. The van der Waals surface area contributed by atoms with E-state index in [4.69, 9.17) is 0 Å². The quantitative estimate of drug-likeness (QED) is 0.895. The molecule has 1 unspecified atom stereocenters. The Morgan fingerprint density at radius 2 is 1.94 bits per heavy atom. The first-order valence-electron chi connectivity index (χ1n) is 6.26. The van der Waals surface area contributed by atoms with Gasteiger partial charge in [0.05, 0.1) is 5.92 Å². The molecule has 0 aliphatic rings. The molecule has 0 aliphatic heterocycles. The van der Waals surface area contributed by atoms with Crippen molar-refractivity contribution in [1.29, 1.82) is 0 Å². The molecule has 1 heterocycles. The molecule has 18 heavy (non-hydrogen) atoms. The lowest BCUT2D eigenvalue weighted by molar-refractivity contribution is -0.138. The van der Waals surface area contributed by atoms with E-state index in [0.717, 1.165) is 22.0 Å². The molecule has 96 valence electrons. The highest BCUT2D eigenvalue weighted by molar-refractivity contribution is 5.91. The standard InChI is InChI=1S/C15H19NO2/c1-9(2)16-8-10(3)14-12(11(4)15(17)18)6-5-7-13(14)16/h5-9,11H,1-4H3,(H,17,18). The van der Waals surface area contributed by atoms with Gasteiger partial charge >= 0.3 is 5.97 Å². The second kappa shape index (κ2) is 4.48. The number of carbonyl (C=O) groups is 1. The molecule has 0 aliphatic carbocycles. The van der Waals surface area contributed by atoms with Crippen LogP contribution in [0, 0.1) is 6.92 Å². The lowest BCUT2D eigenvalue weighted by Gasteiger charge is -2.12. The lowest BCUT2D eigenvalue weighted by Crippen LogP contribution is -2.08. The number of hydrogen-bond acceptors (Lipinski definition) is 1. The highest BCUT2D eigenvalue weighted by Gasteiger charge is 2.19. The van der Waals surface area contributed by atoms with Crippen molar-refractivity contribution in [3.05, 3.63) is 35.5 Å². The fraction of sp³-hybridized carbons (Fsp3) is 0.400. The molecule has 3 nitrogen and oxygen atoms in total. The van der Waals surface area contributed by atoms with Gasteiger partial charge in [-0.25, -0.2) is 0 Å². The molecular formula is C15H19NO2. The number of nitrogens with zero attached hydrogens (tertiary/aromatic N) is 1. The largest absolute Gasteiger partial charge is 0.481 e. The van der Waals surface area contributed by atoms with Gasteiger partial charge in [0.2, 0.25) is 0 Å². The minimum Gasteiger partial charge on any atom is -0.481 e. The van der Waals surface area contributed by atoms with E-state index in [-0.39, 0.29) is 0 Å². The molecule has 0 saturated carbocycles. The van der Waals surface area contributed by atoms with E-state index in [0.29, 0.717) is 6.04 Å². The maximum Gasteiger partial charge on any atom is 0.310 e. The zero-order valence-electron chi connectivity index (χ0n) is 11.3. The summed E-state index contributed by atoms with van der Waals surface area (Å²) in [4.78, 5) is 11.2. The van der Waals surface area contributed by atoms with Gasteiger partial charge in [-0.3, -0.25) is 4.79 Å². The topological polar surface area (TPSA) is 42.2 Å². The van der Waals surface area contributed by atoms with Crippen LogP contribution in [-0.2, 0) is 4.79 Å². The maximum absolute atomic E-state index is 11.2. The first-order chi connectivity index (χ1) is 8.43. The van der Waals surface area contributed by atoms with Crippen molar-refractivity contribution in [2.75, 3.05) is 0 Å². The van der Waals surface area contributed by atoms with Crippen molar-refractivity contribution in [3.8, 4) is 0 Å². The van der Waals surface area contributed by atoms with Crippen molar-refractivity contribution in [2.45, 2.75) is 39.7 Å². The summed E-state index contributed by atoms with van der Waals surface area (Å²) in [5.74, 6) is -1.25. The Labute approximate surface area is 107 Å². The maximum atomic E-state index is 11.2. The van der Waals surface area contributed by atoms with Gasteiger partial charge in [0, 0.05) is 23.1 Å². The Morgan fingerprint density at radius 3 is 2.50 bits per heavy atom. The Morgan fingerprint density at radius 1 is 1.28 bits per heavy atom. The van der Waals surface area contributed by atoms with Crippen LogP contribution in [0.4, 0.5) is 0 Å². The van der Waals surface area contributed by atoms with Crippen LogP contribution in [0.1, 0.15) is 43.9 Å². The van der Waals surface area contributed by atoms with Crippen LogP contribution in [0.5, 0.6) is 0 Å². The summed E-state index contributed by atoms with van der Waals surface area (Å²) < 4.78 is 2.20. The summed E-state index contributed by atoms with van der Waals surface area (Å²) in [5, 5.41) is 10.3. The Bertz CT molecular complexity index is 596. The van der Waals surface area contributed by atoms with Gasteiger partial charge in [0.25, 0.3) is 0 Å². The normalized spacial score (nSPS) is 13.2. The van der Waals surface area contributed by atoms with E-state index in [1.165, 1.54) is 0 Å². The number of aliphatic carboxylic acids is 1. The fourth-order valence-corrected chi connectivity index (χ4v) is 2.47. The molecule has 0 amide bonds. The fourth-order valence-electron chi connectivity index (χ4n) is 2.47. The van der Waals surface area contributed by atoms with Crippen LogP contribution in [0.25, 0.3) is 10.9 Å². The van der Waals surface area contributed by atoms with Gasteiger partial charge in [-0.15, -0.1) is 0 Å². The first kappa shape index (κ1) is 12.7. The number of rotatable bonds is 3. The summed E-state index contributed by atoms with van der Waals surface area (Å²) in [6.07, 6.45) is 2.10. The summed E-state index contributed by atoms with van der Waals surface area (Å²) in [6, 6.07) is 6.28. The van der Waals surface area contributed by atoms with E-state index in [9.17, 15) is 9.90 Å². The van der Waals surface area contributed by atoms with Crippen LogP contribution in [-0.4, -0.2) is 15.6 Å². The van der Waals surface area contributed by atoms with Gasteiger partial charge < -0.3 is 9.67 Å². The summed E-state index contributed by atoms with van der Waals surface area (Å²) >= 11 is 0. The number of aryl methyl sites for hydroxylation is 1. The number of aromatic nitrogens is 1. The van der Waals surface area contributed by atoms with Crippen LogP contribution >= 0.6 is 0 Å². The molecule has 0 radical (unpaired) electrons. The number of carboxylic acid groups (broad SMARTS) is 1. The average Bonchev–Trinajstić information content (AvgIpc) is 2.66. The zero-order valence-corrected chi connectivity index (χ0v) is 11.3. The summed E-state index contributed by atoms with van der Waals surface area (Å²) in [6.45, 7) is 8.04. The summed E-state index contributed by atoms with van der Waals surface area (Å²) in [5.41, 5.74) is 3.16. The van der Waals surface area contributed by atoms with E-state index in [1.807, 2.05) is 19.1 Å². The monoisotopic (exact) mass is 245 g/mol. The lowest BCUT2D eigenvalue weighted by atomic mass is 9.96. The van der Waals surface area contributed by atoms with Crippen molar-refractivity contribution >= 4 is 16.9 Å². The number of fused-ring (bicyclic) bond motifs is 1. The molecule has 0 spiro atoms. The molecule has 0 bridgehead atoms. The first-order valence-corrected chi connectivity index (χ1v) is 6.26. The third-order valence-electron chi connectivity index (χ3n) is 3.47. The molecule has 0 saturated heterocycles. The van der Waals surface area contributed by atoms with E-state index >= 15 is 0 Å². The second-order valence-corrected chi connectivity index (χ2v) is 5.11. The molecule has 3 heteroatoms. The van der Waals surface area contributed by atoms with Crippen molar-refractivity contribution < 1.29 is 9.90 Å². The Hall–Kier alpha value is -1.77. The smallest absolute Gasteiger partial charge is 0.310 e. The predicted octanol–water partition coefficient (Wildman–Crippen LogP) is 3.72. The molecule has 0 fully saturated rings. The Balaban J connectivity index is 2.74. The van der Waals surface area contributed by atoms with Gasteiger partial charge in [0.15, 0.2) is 0 Å². The van der Waals surface area contributed by atoms with Gasteiger partial charge in [-0.1, -0.05) is 12.1 Å². The average molecular weight is 245 g/mol. The van der Waals surface area contributed by atoms with Crippen molar-refractivity contribution in [2.24, 2.45) is 0 Å². The van der Waals surface area contributed by atoms with Crippen molar-refractivity contribution in [1.82, 2.24) is 4.57 Å².